The van der Waals surface area contributed by atoms with Crippen molar-refractivity contribution in [1.82, 2.24) is 0 Å². The van der Waals surface area contributed by atoms with Gasteiger partial charge in [-0.05, 0) is 12.1 Å². The fourth-order valence-electron chi connectivity index (χ4n) is 1.35. The second kappa shape index (κ2) is 7.71. The third-order valence-electron chi connectivity index (χ3n) is 2.02. The normalized spacial score (nSPS) is 8.75. The summed E-state index contributed by atoms with van der Waals surface area (Å²) in [7, 11) is 0. The van der Waals surface area contributed by atoms with E-state index in [4.69, 9.17) is 4.74 Å². The van der Waals surface area contributed by atoms with E-state index in [0.29, 0.717) is 6.61 Å². The number of ether oxygens (including phenoxy) is 1. The Morgan fingerprint density at radius 3 is 2.81 bits per heavy atom. The Balaban J connectivity index is 0.00000112. The van der Waals surface area contributed by atoms with E-state index < -0.39 is 0 Å². The molecule has 0 radical (unpaired) electrons. The Kier molecular flexibility index (Phi) is 7.46. The van der Waals surface area contributed by atoms with Crippen molar-refractivity contribution < 1.29 is 21.7 Å². The zero-order valence-corrected chi connectivity index (χ0v) is 11.9. The topological polar surface area (TPSA) is 9.23 Å². The summed E-state index contributed by atoms with van der Waals surface area (Å²) in [5.41, 5.74) is 0. The Morgan fingerprint density at radius 1 is 1.25 bits per heavy atom. The van der Waals surface area contributed by atoms with Gasteiger partial charge in [0.05, 0.1) is 0 Å². The molecular formula is C13H11BrMgO. The van der Waals surface area contributed by atoms with Crippen LogP contribution in [0.2, 0.25) is 0 Å². The summed E-state index contributed by atoms with van der Waals surface area (Å²) in [5, 5.41) is 2.35. The Hall–Kier alpha value is -0.514. The zero-order valence-electron chi connectivity index (χ0n) is 8.95. The summed E-state index contributed by atoms with van der Waals surface area (Å²) in [4.78, 5) is 0. The van der Waals surface area contributed by atoms with E-state index in [2.05, 4.69) is 12.6 Å². The molecule has 0 aliphatic rings. The Bertz CT molecular complexity index is 456. The van der Waals surface area contributed by atoms with Crippen molar-refractivity contribution >= 4 is 33.8 Å². The predicted octanol–water partition coefficient (Wildman–Crippen LogP) is -0.172. The maximum absolute atomic E-state index is 5.43. The van der Waals surface area contributed by atoms with Crippen LogP contribution in [0, 0.1) is 6.07 Å². The molecule has 0 heterocycles. The van der Waals surface area contributed by atoms with Crippen molar-refractivity contribution in [1.29, 1.82) is 0 Å². The number of benzene rings is 2. The number of hydrogen-bond acceptors (Lipinski definition) is 1. The van der Waals surface area contributed by atoms with Crippen LogP contribution >= 0.6 is 0 Å². The van der Waals surface area contributed by atoms with Crippen molar-refractivity contribution in [2.45, 2.75) is 0 Å². The van der Waals surface area contributed by atoms with Gasteiger partial charge in [0.2, 0.25) is 0 Å². The van der Waals surface area contributed by atoms with Crippen molar-refractivity contribution in [3.8, 4) is 5.75 Å². The number of hydrogen-bond donors (Lipinski definition) is 0. The second-order valence-electron chi connectivity index (χ2n) is 3.03. The van der Waals surface area contributed by atoms with E-state index >= 15 is 0 Å². The molecular weight excluding hydrogens is 276 g/mol. The van der Waals surface area contributed by atoms with E-state index in [1.807, 2.05) is 36.4 Å². The van der Waals surface area contributed by atoms with E-state index in [0.717, 1.165) is 5.75 Å². The van der Waals surface area contributed by atoms with Crippen LogP contribution < -0.4 is 21.7 Å². The van der Waals surface area contributed by atoms with Crippen LogP contribution in [0.15, 0.2) is 49.1 Å². The SMILES string of the molecule is C=CCOc1ccc2c[c-]ccc2c1.[Br-].[Mg+2]. The molecule has 0 fully saturated rings. The standard InChI is InChI=1S/C13H11O.BrH.Mg/c1-2-9-14-13-8-7-11-5-3-4-6-12(11)10-13;;/h2,4-8,10H,1,9H2;1H;/q-1;;+2/p-1. The van der Waals surface area contributed by atoms with Gasteiger partial charge in [-0.1, -0.05) is 12.7 Å². The fraction of sp³-hybridized carbons (Fsp3) is 0.0769. The average molecular weight is 287 g/mol. The van der Waals surface area contributed by atoms with Crippen LogP contribution in [-0.2, 0) is 0 Å². The molecule has 2 aromatic rings. The first-order chi connectivity index (χ1) is 6.90. The zero-order chi connectivity index (χ0) is 9.80. The molecule has 0 bridgehead atoms. The first-order valence-corrected chi connectivity index (χ1v) is 4.54. The van der Waals surface area contributed by atoms with Crippen LogP contribution in [0.25, 0.3) is 10.8 Å². The largest absolute Gasteiger partial charge is 2.00 e. The molecule has 0 saturated heterocycles. The van der Waals surface area contributed by atoms with Gasteiger partial charge in [-0.15, -0.1) is 16.8 Å². The van der Waals surface area contributed by atoms with Crippen LogP contribution in [0.5, 0.6) is 5.75 Å². The molecule has 3 heteroatoms. The van der Waals surface area contributed by atoms with Crippen LogP contribution in [0.4, 0.5) is 0 Å². The van der Waals surface area contributed by atoms with Gasteiger partial charge < -0.3 is 21.7 Å². The van der Waals surface area contributed by atoms with Crippen molar-refractivity contribution in [2.24, 2.45) is 0 Å². The summed E-state index contributed by atoms with van der Waals surface area (Å²) in [5.74, 6) is 0.878. The number of halogens is 1. The Morgan fingerprint density at radius 2 is 2.06 bits per heavy atom. The summed E-state index contributed by atoms with van der Waals surface area (Å²) >= 11 is 0. The molecule has 2 rings (SSSR count). The fourth-order valence-corrected chi connectivity index (χ4v) is 1.35. The molecule has 78 valence electrons. The Labute approximate surface area is 122 Å². The van der Waals surface area contributed by atoms with E-state index in [9.17, 15) is 0 Å². The maximum atomic E-state index is 5.43. The van der Waals surface area contributed by atoms with Crippen LogP contribution in [0.1, 0.15) is 0 Å². The molecule has 0 unspecified atom stereocenters. The minimum Gasteiger partial charge on any atom is -1.00 e. The van der Waals surface area contributed by atoms with Gasteiger partial charge >= 0.3 is 23.1 Å². The molecule has 0 aliphatic carbocycles. The molecule has 16 heavy (non-hydrogen) atoms. The van der Waals surface area contributed by atoms with Gasteiger partial charge in [-0.25, -0.2) is 0 Å². The van der Waals surface area contributed by atoms with Gasteiger partial charge in [-0.3, -0.25) is 0 Å². The minimum atomic E-state index is 0. The first kappa shape index (κ1) is 15.5. The minimum absolute atomic E-state index is 0. The van der Waals surface area contributed by atoms with Crippen molar-refractivity contribution in [2.75, 3.05) is 6.61 Å². The molecule has 0 aliphatic heterocycles. The van der Waals surface area contributed by atoms with E-state index in [1.54, 1.807) is 6.08 Å². The van der Waals surface area contributed by atoms with E-state index in [1.165, 1.54) is 10.8 Å². The summed E-state index contributed by atoms with van der Waals surface area (Å²) < 4.78 is 5.43. The summed E-state index contributed by atoms with van der Waals surface area (Å²) in [6.45, 7) is 4.15. The molecule has 0 spiro atoms. The second-order valence-corrected chi connectivity index (χ2v) is 3.03. The number of rotatable bonds is 3. The quantitative estimate of drug-likeness (QED) is 0.433. The molecule has 0 amide bonds. The molecule has 0 atom stereocenters. The van der Waals surface area contributed by atoms with Crippen LogP contribution in [0.3, 0.4) is 0 Å². The van der Waals surface area contributed by atoms with E-state index in [-0.39, 0.29) is 40.0 Å². The molecule has 2 aromatic carbocycles. The molecule has 0 N–H and O–H groups in total. The van der Waals surface area contributed by atoms with Crippen LogP contribution in [-0.4, -0.2) is 29.7 Å². The smallest absolute Gasteiger partial charge is 1.00 e. The van der Waals surface area contributed by atoms with Gasteiger partial charge in [0.25, 0.3) is 0 Å². The van der Waals surface area contributed by atoms with Gasteiger partial charge in [0.15, 0.2) is 0 Å². The molecule has 0 saturated carbocycles. The van der Waals surface area contributed by atoms with Gasteiger partial charge in [0.1, 0.15) is 12.4 Å². The van der Waals surface area contributed by atoms with Gasteiger partial charge in [0, 0.05) is 0 Å². The summed E-state index contributed by atoms with van der Waals surface area (Å²) in [6, 6.07) is 14.9. The van der Waals surface area contributed by atoms with Gasteiger partial charge in [-0.2, -0.15) is 24.3 Å². The third-order valence-corrected chi connectivity index (χ3v) is 2.02. The van der Waals surface area contributed by atoms with Crippen molar-refractivity contribution in [3.05, 3.63) is 55.1 Å². The molecule has 1 nitrogen and oxygen atoms in total. The molecule has 0 aromatic heterocycles. The predicted molar refractivity (Wildman–Crippen MR) is 64.2 cm³/mol. The number of fused-ring (bicyclic) bond motifs is 1. The summed E-state index contributed by atoms with van der Waals surface area (Å²) in [6.07, 6.45) is 1.74. The average Bonchev–Trinajstić information content (AvgIpc) is 2.26. The first-order valence-electron chi connectivity index (χ1n) is 4.54. The maximum Gasteiger partial charge on any atom is 2.00 e. The van der Waals surface area contributed by atoms with Crippen molar-refractivity contribution in [3.63, 3.8) is 0 Å². The third kappa shape index (κ3) is 3.81. The monoisotopic (exact) mass is 286 g/mol.